The minimum absolute atomic E-state index is 0.318. The van der Waals surface area contributed by atoms with Crippen molar-refractivity contribution in [1.29, 1.82) is 0 Å². The van der Waals surface area contributed by atoms with Gasteiger partial charge < -0.3 is 14.8 Å². The molecule has 2 aliphatic rings. The van der Waals surface area contributed by atoms with Gasteiger partial charge in [0.25, 0.3) is 0 Å². The van der Waals surface area contributed by atoms with Crippen LogP contribution in [0.2, 0.25) is 0 Å². The summed E-state index contributed by atoms with van der Waals surface area (Å²) >= 11 is 0. The van der Waals surface area contributed by atoms with E-state index in [4.69, 9.17) is 9.47 Å². The molecular weight excluding hydrogens is 407 g/mol. The molecule has 1 aromatic heterocycles. The summed E-state index contributed by atoms with van der Waals surface area (Å²) in [6.45, 7) is 0. The molecule has 6 nitrogen and oxygen atoms in total. The molecule has 158 valence electrons. The summed E-state index contributed by atoms with van der Waals surface area (Å²) in [6.07, 6.45) is 0.875. The molecule has 3 heterocycles. The number of nitrogens with zero attached hydrogens (tertiary/aromatic N) is 3. The van der Waals surface area contributed by atoms with E-state index in [1.54, 1.807) is 19.2 Å². The van der Waals surface area contributed by atoms with Crippen LogP contribution in [0.1, 0.15) is 28.8 Å². The Labute approximate surface area is 183 Å². The molecule has 0 bridgehead atoms. The maximum absolute atomic E-state index is 15.0. The van der Waals surface area contributed by atoms with Crippen molar-refractivity contribution in [3.05, 3.63) is 107 Å². The Morgan fingerprint density at radius 1 is 1.00 bits per heavy atom. The van der Waals surface area contributed by atoms with Gasteiger partial charge in [-0.1, -0.05) is 42.5 Å². The van der Waals surface area contributed by atoms with Crippen LogP contribution >= 0.6 is 0 Å². The number of ether oxygens (including phenoxy) is 2. The smallest absolute Gasteiger partial charge is 0.226 e. The molecule has 2 aliphatic heterocycles. The molecule has 1 N–H and O–H groups in total. The fraction of sp³-hybridized carbons (Fsp3) is 0.120. The molecule has 3 aromatic carbocycles. The van der Waals surface area contributed by atoms with Gasteiger partial charge >= 0.3 is 0 Å². The van der Waals surface area contributed by atoms with Gasteiger partial charge in [0.1, 0.15) is 29.7 Å². The van der Waals surface area contributed by atoms with Crippen molar-refractivity contribution < 1.29 is 13.9 Å². The van der Waals surface area contributed by atoms with Crippen LogP contribution < -0.4 is 14.8 Å². The Morgan fingerprint density at radius 2 is 1.78 bits per heavy atom. The monoisotopic (exact) mass is 426 g/mol. The predicted molar refractivity (Wildman–Crippen MR) is 118 cm³/mol. The Hall–Kier alpha value is -4.13. The lowest BCUT2D eigenvalue weighted by molar-refractivity contribution is 0.218. The highest BCUT2D eigenvalue weighted by molar-refractivity contribution is 5.85. The van der Waals surface area contributed by atoms with Gasteiger partial charge in [0.05, 0.1) is 12.8 Å². The van der Waals surface area contributed by atoms with Crippen LogP contribution in [0.4, 0.5) is 10.3 Å². The normalized spacial score (nSPS) is 18.7. The first-order valence-corrected chi connectivity index (χ1v) is 10.3. The topological polar surface area (TPSA) is 61.2 Å². The largest absolute Gasteiger partial charge is 0.497 e. The first kappa shape index (κ1) is 18.6. The van der Waals surface area contributed by atoms with Crippen molar-refractivity contribution in [1.82, 2.24) is 14.8 Å². The molecule has 0 saturated carbocycles. The number of hydrogen-bond donors (Lipinski definition) is 1. The summed E-state index contributed by atoms with van der Waals surface area (Å²) in [5, 5.41) is 7.90. The molecule has 0 amide bonds. The minimum atomic E-state index is -0.641. The SMILES string of the molecule is COc1ccc([C@H]2C3=C(Nc4ncnn42)c2ccccc2O[C@H]3c2ccccc2F)cc1. The molecule has 4 aromatic rings. The van der Waals surface area contributed by atoms with Crippen LogP contribution in [-0.4, -0.2) is 21.9 Å². The van der Waals surface area contributed by atoms with Gasteiger partial charge in [0, 0.05) is 16.7 Å². The van der Waals surface area contributed by atoms with E-state index in [1.807, 2.05) is 59.3 Å². The van der Waals surface area contributed by atoms with Crippen molar-refractivity contribution in [3.8, 4) is 11.5 Å². The van der Waals surface area contributed by atoms with E-state index < -0.39 is 6.10 Å². The van der Waals surface area contributed by atoms with Crippen LogP contribution in [0, 0.1) is 5.82 Å². The maximum atomic E-state index is 15.0. The van der Waals surface area contributed by atoms with E-state index in [9.17, 15) is 4.39 Å². The molecule has 0 saturated heterocycles. The standard InChI is InChI=1S/C25H19FN4O2/c1-31-16-12-10-15(11-13-16)23-21-22(29-25-27-14-28-30(23)25)18-7-3-5-9-20(18)32-24(21)17-6-2-4-8-19(17)26/h2-14,23-24H,1H3,(H,27,28,29)/t23-,24-/m0/s1. The van der Waals surface area contributed by atoms with Gasteiger partial charge in [-0.3, -0.25) is 0 Å². The number of rotatable bonds is 3. The number of benzene rings is 3. The number of aromatic nitrogens is 3. The Bertz CT molecular complexity index is 1350. The minimum Gasteiger partial charge on any atom is -0.497 e. The number of methoxy groups -OCH3 is 1. The zero-order valence-corrected chi connectivity index (χ0v) is 17.2. The van der Waals surface area contributed by atoms with Gasteiger partial charge in [-0.05, 0) is 35.9 Å². The van der Waals surface area contributed by atoms with Gasteiger partial charge in [-0.2, -0.15) is 10.1 Å². The van der Waals surface area contributed by atoms with E-state index in [-0.39, 0.29) is 11.9 Å². The fourth-order valence-corrected chi connectivity index (χ4v) is 4.47. The summed E-state index contributed by atoms with van der Waals surface area (Å²) in [4.78, 5) is 4.41. The first-order valence-electron chi connectivity index (χ1n) is 10.3. The van der Waals surface area contributed by atoms with Gasteiger partial charge in [0.15, 0.2) is 6.10 Å². The van der Waals surface area contributed by atoms with E-state index in [1.165, 1.54) is 12.4 Å². The Morgan fingerprint density at radius 3 is 2.59 bits per heavy atom. The molecule has 0 spiro atoms. The molecular formula is C25H19FN4O2. The van der Waals surface area contributed by atoms with E-state index in [2.05, 4.69) is 15.4 Å². The van der Waals surface area contributed by atoms with Crippen molar-refractivity contribution in [2.24, 2.45) is 0 Å². The van der Waals surface area contributed by atoms with Crippen molar-refractivity contribution in [2.75, 3.05) is 12.4 Å². The number of para-hydroxylation sites is 1. The van der Waals surface area contributed by atoms with E-state index in [0.29, 0.717) is 17.3 Å². The Kier molecular flexibility index (Phi) is 4.21. The van der Waals surface area contributed by atoms with E-state index >= 15 is 0 Å². The number of anilines is 1. The van der Waals surface area contributed by atoms with Crippen LogP contribution in [0.25, 0.3) is 5.70 Å². The predicted octanol–water partition coefficient (Wildman–Crippen LogP) is 4.99. The lowest BCUT2D eigenvalue weighted by Gasteiger charge is -2.39. The highest BCUT2D eigenvalue weighted by Gasteiger charge is 2.41. The van der Waals surface area contributed by atoms with Crippen LogP contribution in [0.15, 0.2) is 84.7 Å². The second-order valence-corrected chi connectivity index (χ2v) is 7.67. The summed E-state index contributed by atoms with van der Waals surface area (Å²) in [7, 11) is 1.63. The quantitative estimate of drug-likeness (QED) is 0.500. The van der Waals surface area contributed by atoms with Gasteiger partial charge in [0.2, 0.25) is 5.95 Å². The van der Waals surface area contributed by atoms with Crippen LogP contribution in [0.3, 0.4) is 0 Å². The number of fused-ring (bicyclic) bond motifs is 3. The number of nitrogens with one attached hydrogen (secondary N) is 1. The molecule has 0 radical (unpaired) electrons. The second-order valence-electron chi connectivity index (χ2n) is 7.67. The van der Waals surface area contributed by atoms with Crippen LogP contribution in [0.5, 0.6) is 11.5 Å². The third-order valence-electron chi connectivity index (χ3n) is 5.94. The van der Waals surface area contributed by atoms with Crippen molar-refractivity contribution in [3.63, 3.8) is 0 Å². The van der Waals surface area contributed by atoms with Crippen molar-refractivity contribution >= 4 is 11.6 Å². The second kappa shape index (κ2) is 7.23. The first-order chi connectivity index (χ1) is 15.7. The van der Waals surface area contributed by atoms with Crippen molar-refractivity contribution in [2.45, 2.75) is 12.1 Å². The Balaban J connectivity index is 1.62. The van der Waals surface area contributed by atoms with E-state index in [0.717, 1.165) is 28.1 Å². The molecule has 6 rings (SSSR count). The molecule has 2 atom stereocenters. The molecule has 0 unspecified atom stereocenters. The number of halogens is 1. The maximum Gasteiger partial charge on any atom is 0.226 e. The molecule has 0 fully saturated rings. The van der Waals surface area contributed by atoms with Crippen LogP contribution in [-0.2, 0) is 0 Å². The third kappa shape index (κ3) is 2.78. The fourth-order valence-electron chi connectivity index (χ4n) is 4.47. The van der Waals surface area contributed by atoms with Gasteiger partial charge in [-0.15, -0.1) is 0 Å². The lowest BCUT2D eigenvalue weighted by Crippen LogP contribution is -2.32. The zero-order chi connectivity index (χ0) is 21.7. The average Bonchev–Trinajstić information content (AvgIpc) is 3.31. The highest BCUT2D eigenvalue weighted by Crippen LogP contribution is 2.50. The van der Waals surface area contributed by atoms with Gasteiger partial charge in [-0.25, -0.2) is 9.07 Å². The molecule has 32 heavy (non-hydrogen) atoms. The number of hydrogen-bond acceptors (Lipinski definition) is 5. The summed E-state index contributed by atoms with van der Waals surface area (Å²) in [5.74, 6) is 1.75. The zero-order valence-electron chi connectivity index (χ0n) is 17.2. The molecule has 0 aliphatic carbocycles. The third-order valence-corrected chi connectivity index (χ3v) is 5.94. The highest BCUT2D eigenvalue weighted by atomic mass is 19.1. The summed E-state index contributed by atoms with van der Waals surface area (Å²) in [5.41, 5.74) is 4.08. The average molecular weight is 426 g/mol. The summed E-state index contributed by atoms with van der Waals surface area (Å²) in [6, 6.07) is 21.9. The molecule has 7 heteroatoms. The lowest BCUT2D eigenvalue weighted by atomic mass is 9.84. The summed E-state index contributed by atoms with van der Waals surface area (Å²) < 4.78 is 28.6.